The van der Waals surface area contributed by atoms with Crippen LogP contribution in [0.1, 0.15) is 13.3 Å². The Hall–Kier alpha value is -0.180. The lowest BCUT2D eigenvalue weighted by atomic mass is 10.3. The first-order valence-corrected chi connectivity index (χ1v) is 4.09. The summed E-state index contributed by atoms with van der Waals surface area (Å²) >= 11 is 1.67. The van der Waals surface area contributed by atoms with E-state index in [4.69, 9.17) is 0 Å². The van der Waals surface area contributed by atoms with Gasteiger partial charge in [-0.3, -0.25) is 4.79 Å². The molecule has 1 atom stereocenters. The van der Waals surface area contributed by atoms with E-state index >= 15 is 0 Å². The molecule has 0 aliphatic carbocycles. The Kier molecular flexibility index (Phi) is 4.58. The zero-order chi connectivity index (χ0) is 7.28. The van der Waals surface area contributed by atoms with Crippen LogP contribution >= 0.6 is 11.8 Å². The molecule has 9 heavy (non-hydrogen) atoms. The van der Waals surface area contributed by atoms with Gasteiger partial charge >= 0.3 is 5.97 Å². The van der Waals surface area contributed by atoms with E-state index in [1.807, 2.05) is 13.2 Å². The van der Waals surface area contributed by atoms with Crippen molar-refractivity contribution in [3.8, 4) is 0 Å². The minimum absolute atomic E-state index is 0.128. The van der Waals surface area contributed by atoms with Crippen molar-refractivity contribution in [1.29, 1.82) is 0 Å². The Balaban J connectivity index is 3.34. The maximum atomic E-state index is 10.5. The van der Waals surface area contributed by atoms with E-state index in [1.165, 1.54) is 7.11 Å². The lowest BCUT2D eigenvalue weighted by Crippen LogP contribution is -2.07. The molecule has 2 nitrogen and oxygen atoms in total. The van der Waals surface area contributed by atoms with E-state index in [-0.39, 0.29) is 5.97 Å². The molecule has 0 fully saturated rings. The Morgan fingerprint density at radius 1 is 1.78 bits per heavy atom. The average molecular weight is 148 g/mol. The first-order valence-electron chi connectivity index (χ1n) is 2.80. The molecule has 0 heterocycles. The first-order chi connectivity index (χ1) is 4.20. The van der Waals surface area contributed by atoms with Crippen molar-refractivity contribution < 1.29 is 9.53 Å². The Morgan fingerprint density at radius 3 is 2.67 bits per heavy atom. The Bertz CT molecular complexity index is 93.1. The van der Waals surface area contributed by atoms with Gasteiger partial charge in [0.1, 0.15) is 0 Å². The topological polar surface area (TPSA) is 26.3 Å². The van der Waals surface area contributed by atoms with Crippen LogP contribution in [0.4, 0.5) is 0 Å². The van der Waals surface area contributed by atoms with Crippen LogP contribution in [-0.2, 0) is 9.53 Å². The summed E-state index contributed by atoms with van der Waals surface area (Å²) in [5, 5.41) is 0.373. The third-order valence-electron chi connectivity index (χ3n) is 1.08. The van der Waals surface area contributed by atoms with Crippen molar-refractivity contribution in [2.45, 2.75) is 18.6 Å². The molecule has 0 aromatic carbocycles. The molecule has 0 rings (SSSR count). The number of rotatable bonds is 3. The number of methoxy groups -OCH3 is 1. The lowest BCUT2D eigenvalue weighted by molar-refractivity contribution is -0.140. The van der Waals surface area contributed by atoms with Crippen molar-refractivity contribution in [2.24, 2.45) is 0 Å². The van der Waals surface area contributed by atoms with Crippen LogP contribution in [0.25, 0.3) is 0 Å². The van der Waals surface area contributed by atoms with Gasteiger partial charge in [0.25, 0.3) is 0 Å². The number of esters is 1. The van der Waals surface area contributed by atoms with E-state index in [9.17, 15) is 4.79 Å². The molecule has 0 spiro atoms. The fraction of sp³-hybridized carbons (Fsp3) is 0.833. The van der Waals surface area contributed by atoms with Crippen LogP contribution < -0.4 is 0 Å². The molecule has 0 aliphatic heterocycles. The highest BCUT2D eigenvalue weighted by Crippen LogP contribution is 2.09. The number of carbonyl (C=O) groups is 1. The Morgan fingerprint density at radius 2 is 2.33 bits per heavy atom. The molecule has 0 saturated carbocycles. The zero-order valence-corrected chi connectivity index (χ0v) is 6.83. The molecule has 0 aliphatic rings. The van der Waals surface area contributed by atoms with Gasteiger partial charge in [-0.1, -0.05) is 6.92 Å². The van der Waals surface area contributed by atoms with Gasteiger partial charge < -0.3 is 4.74 Å². The second-order valence-electron chi connectivity index (χ2n) is 1.83. The number of thioether (sulfide) groups is 1. The van der Waals surface area contributed by atoms with Crippen molar-refractivity contribution in [2.75, 3.05) is 13.4 Å². The van der Waals surface area contributed by atoms with Crippen LogP contribution in [0.5, 0.6) is 0 Å². The van der Waals surface area contributed by atoms with Gasteiger partial charge in [0, 0.05) is 5.25 Å². The normalized spacial score (nSPS) is 12.8. The maximum absolute atomic E-state index is 10.5. The van der Waals surface area contributed by atoms with Crippen molar-refractivity contribution >= 4 is 17.7 Å². The molecule has 54 valence electrons. The number of carbonyl (C=O) groups excluding carboxylic acids is 1. The smallest absolute Gasteiger partial charge is 0.306 e. The lowest BCUT2D eigenvalue weighted by Gasteiger charge is -2.03. The van der Waals surface area contributed by atoms with E-state index in [0.717, 1.165) is 0 Å². The summed E-state index contributed by atoms with van der Waals surface area (Å²) in [5.74, 6) is -0.128. The highest BCUT2D eigenvalue weighted by molar-refractivity contribution is 7.99. The van der Waals surface area contributed by atoms with Gasteiger partial charge in [-0.05, 0) is 6.26 Å². The van der Waals surface area contributed by atoms with Gasteiger partial charge in [0.05, 0.1) is 13.5 Å². The second kappa shape index (κ2) is 4.68. The number of ether oxygens (including phenoxy) is 1. The fourth-order valence-corrected chi connectivity index (χ4v) is 0.704. The maximum Gasteiger partial charge on any atom is 0.306 e. The van der Waals surface area contributed by atoms with Gasteiger partial charge in [-0.15, -0.1) is 0 Å². The summed E-state index contributed by atoms with van der Waals surface area (Å²) in [4.78, 5) is 10.5. The van der Waals surface area contributed by atoms with Crippen molar-refractivity contribution in [3.05, 3.63) is 0 Å². The van der Waals surface area contributed by atoms with E-state index in [0.29, 0.717) is 11.7 Å². The summed E-state index contributed by atoms with van der Waals surface area (Å²) in [6.45, 7) is 2.00. The summed E-state index contributed by atoms with van der Waals surface area (Å²) in [6.07, 6.45) is 2.49. The molecule has 0 radical (unpaired) electrons. The van der Waals surface area contributed by atoms with Crippen LogP contribution in [0.15, 0.2) is 0 Å². The zero-order valence-electron chi connectivity index (χ0n) is 6.01. The highest BCUT2D eigenvalue weighted by atomic mass is 32.2. The van der Waals surface area contributed by atoms with E-state index in [2.05, 4.69) is 4.74 Å². The summed E-state index contributed by atoms with van der Waals surface area (Å²) in [6, 6.07) is 0. The molecule has 0 aromatic heterocycles. The third-order valence-corrected chi connectivity index (χ3v) is 2.06. The molecule has 3 heteroatoms. The molecular weight excluding hydrogens is 136 g/mol. The molecule has 0 unspecified atom stereocenters. The summed E-state index contributed by atoms with van der Waals surface area (Å²) in [7, 11) is 1.41. The molecular formula is C6H12O2S. The van der Waals surface area contributed by atoms with Crippen LogP contribution in [0, 0.1) is 0 Å². The standard InChI is InChI=1S/C6H12O2S/c1-5(9-3)4-6(7)8-2/h5H,4H2,1-3H3/t5-/m1/s1. The monoisotopic (exact) mass is 148 g/mol. The molecule has 0 aromatic rings. The highest BCUT2D eigenvalue weighted by Gasteiger charge is 2.05. The largest absolute Gasteiger partial charge is 0.469 e. The van der Waals surface area contributed by atoms with Crippen LogP contribution in [0.3, 0.4) is 0 Å². The molecule has 0 N–H and O–H groups in total. The fourth-order valence-electron chi connectivity index (χ4n) is 0.401. The number of hydrogen-bond acceptors (Lipinski definition) is 3. The average Bonchev–Trinajstić information content (AvgIpc) is 1.87. The van der Waals surface area contributed by atoms with Crippen LogP contribution in [-0.4, -0.2) is 24.6 Å². The van der Waals surface area contributed by atoms with Crippen molar-refractivity contribution in [1.82, 2.24) is 0 Å². The second-order valence-corrected chi connectivity index (χ2v) is 3.10. The predicted molar refractivity (Wildman–Crippen MR) is 39.6 cm³/mol. The minimum atomic E-state index is -0.128. The third kappa shape index (κ3) is 4.33. The summed E-state index contributed by atoms with van der Waals surface area (Å²) in [5.41, 5.74) is 0. The quantitative estimate of drug-likeness (QED) is 0.564. The van der Waals surface area contributed by atoms with Gasteiger partial charge in [-0.2, -0.15) is 11.8 Å². The van der Waals surface area contributed by atoms with E-state index < -0.39 is 0 Å². The molecule has 0 bridgehead atoms. The van der Waals surface area contributed by atoms with Crippen LogP contribution in [0.2, 0.25) is 0 Å². The predicted octanol–water partition coefficient (Wildman–Crippen LogP) is 1.30. The van der Waals surface area contributed by atoms with Crippen molar-refractivity contribution in [3.63, 3.8) is 0 Å². The number of hydrogen-bond donors (Lipinski definition) is 0. The SMILES string of the molecule is COC(=O)C[C@@H](C)SC. The summed E-state index contributed by atoms with van der Waals surface area (Å²) < 4.78 is 4.47. The minimum Gasteiger partial charge on any atom is -0.469 e. The van der Waals surface area contributed by atoms with E-state index in [1.54, 1.807) is 11.8 Å². The van der Waals surface area contributed by atoms with Gasteiger partial charge in [0.15, 0.2) is 0 Å². The first kappa shape index (κ1) is 8.82. The molecule has 0 amide bonds. The van der Waals surface area contributed by atoms with Gasteiger partial charge in [-0.25, -0.2) is 0 Å². The Labute approximate surface area is 60.0 Å². The van der Waals surface area contributed by atoms with Gasteiger partial charge in [0.2, 0.25) is 0 Å². The molecule has 0 saturated heterocycles.